The van der Waals surface area contributed by atoms with Crippen molar-refractivity contribution in [1.82, 2.24) is 5.32 Å². The van der Waals surface area contributed by atoms with Gasteiger partial charge in [0.15, 0.2) is 5.11 Å². The van der Waals surface area contributed by atoms with Crippen molar-refractivity contribution in [1.29, 1.82) is 0 Å². The molecule has 0 aromatic heterocycles. The number of benzene rings is 2. The number of anilines is 1. The number of carbonyl (C=O) groups excluding carboxylic acids is 1. The molecule has 2 rings (SSSR count). The van der Waals surface area contributed by atoms with E-state index in [4.69, 9.17) is 17.0 Å². The Labute approximate surface area is 154 Å². The van der Waals surface area contributed by atoms with E-state index in [1.165, 1.54) is 5.56 Å². The first-order valence-electron chi connectivity index (χ1n) is 8.31. The van der Waals surface area contributed by atoms with Crippen molar-refractivity contribution in [2.75, 3.05) is 11.9 Å². The fourth-order valence-electron chi connectivity index (χ4n) is 2.27. The van der Waals surface area contributed by atoms with Crippen LogP contribution in [0.2, 0.25) is 0 Å². The summed E-state index contributed by atoms with van der Waals surface area (Å²) in [6.07, 6.45) is 0.992. The highest BCUT2D eigenvalue weighted by Gasteiger charge is 2.06. The predicted molar refractivity (Wildman–Crippen MR) is 106 cm³/mol. The third-order valence-corrected chi connectivity index (χ3v) is 3.94. The number of carbonyl (C=O) groups is 1. The van der Waals surface area contributed by atoms with Crippen LogP contribution in [0.3, 0.4) is 0 Å². The van der Waals surface area contributed by atoms with E-state index in [-0.39, 0.29) is 5.91 Å². The Kier molecular flexibility index (Phi) is 6.95. The number of aryl methyl sites for hydroxylation is 3. The third-order valence-electron chi connectivity index (χ3n) is 3.73. The Bertz CT molecular complexity index is 742. The van der Waals surface area contributed by atoms with Crippen LogP contribution >= 0.6 is 12.2 Å². The second-order valence-electron chi connectivity index (χ2n) is 6.09. The van der Waals surface area contributed by atoms with Crippen LogP contribution in [0.25, 0.3) is 0 Å². The van der Waals surface area contributed by atoms with E-state index in [0.717, 1.165) is 22.6 Å². The van der Waals surface area contributed by atoms with Crippen LogP contribution in [0.5, 0.6) is 5.75 Å². The van der Waals surface area contributed by atoms with E-state index in [1.54, 1.807) is 0 Å². The van der Waals surface area contributed by atoms with Crippen LogP contribution in [-0.4, -0.2) is 17.6 Å². The zero-order valence-electron chi connectivity index (χ0n) is 14.9. The van der Waals surface area contributed by atoms with Crippen molar-refractivity contribution in [2.45, 2.75) is 33.6 Å². The van der Waals surface area contributed by atoms with Gasteiger partial charge < -0.3 is 15.4 Å². The minimum Gasteiger partial charge on any atom is -0.494 e. The molecule has 0 bridgehead atoms. The quantitative estimate of drug-likeness (QED) is 0.599. The first-order chi connectivity index (χ1) is 11.9. The summed E-state index contributed by atoms with van der Waals surface area (Å²) in [5, 5.41) is 6.10. The summed E-state index contributed by atoms with van der Waals surface area (Å²) in [5.41, 5.74) is 4.31. The van der Waals surface area contributed by atoms with E-state index in [9.17, 15) is 4.79 Å². The summed E-state index contributed by atoms with van der Waals surface area (Å²) in [6.45, 7) is 6.53. The van der Waals surface area contributed by atoms with Gasteiger partial charge in [-0.2, -0.15) is 0 Å². The standard InChI is InChI=1S/C20H24N2O2S/c1-14-7-10-17(11-8-14)24-12-4-5-19(23)22-20(25)21-18-13-15(2)6-9-16(18)3/h6-11,13H,4-5,12H2,1-3H3,(H2,21,22,23,25). The molecule has 0 saturated heterocycles. The normalized spacial score (nSPS) is 10.2. The van der Waals surface area contributed by atoms with Crippen molar-refractivity contribution < 1.29 is 9.53 Å². The number of hydrogen-bond donors (Lipinski definition) is 2. The van der Waals surface area contributed by atoms with E-state index < -0.39 is 0 Å². The Balaban J connectivity index is 1.70. The van der Waals surface area contributed by atoms with Gasteiger partial charge in [0, 0.05) is 12.1 Å². The largest absolute Gasteiger partial charge is 0.494 e. The lowest BCUT2D eigenvalue weighted by Gasteiger charge is -2.12. The second-order valence-corrected chi connectivity index (χ2v) is 6.49. The molecule has 0 radical (unpaired) electrons. The number of thiocarbonyl (C=S) groups is 1. The summed E-state index contributed by atoms with van der Waals surface area (Å²) < 4.78 is 5.61. The van der Waals surface area contributed by atoms with Crippen molar-refractivity contribution in [3.05, 3.63) is 59.2 Å². The van der Waals surface area contributed by atoms with Gasteiger partial charge in [-0.05, 0) is 68.7 Å². The second kappa shape index (κ2) is 9.18. The third kappa shape index (κ3) is 6.55. The highest BCUT2D eigenvalue weighted by Crippen LogP contribution is 2.16. The molecule has 132 valence electrons. The molecule has 2 N–H and O–H groups in total. The van der Waals surface area contributed by atoms with Crippen molar-refractivity contribution in [3.63, 3.8) is 0 Å². The molecule has 4 nitrogen and oxygen atoms in total. The summed E-state index contributed by atoms with van der Waals surface area (Å²) in [4.78, 5) is 12.0. The maximum Gasteiger partial charge on any atom is 0.226 e. The smallest absolute Gasteiger partial charge is 0.226 e. The molecular weight excluding hydrogens is 332 g/mol. The molecule has 0 atom stereocenters. The molecule has 0 aliphatic heterocycles. The van der Waals surface area contributed by atoms with Gasteiger partial charge in [-0.15, -0.1) is 0 Å². The minimum atomic E-state index is -0.115. The fraction of sp³-hybridized carbons (Fsp3) is 0.300. The lowest BCUT2D eigenvalue weighted by molar-refractivity contribution is -0.119. The van der Waals surface area contributed by atoms with E-state index in [0.29, 0.717) is 24.6 Å². The van der Waals surface area contributed by atoms with Crippen LogP contribution in [0, 0.1) is 20.8 Å². The molecule has 5 heteroatoms. The molecule has 2 aromatic carbocycles. The Morgan fingerprint density at radius 1 is 1.04 bits per heavy atom. The number of rotatable bonds is 6. The highest BCUT2D eigenvalue weighted by atomic mass is 32.1. The number of ether oxygens (including phenoxy) is 1. The van der Waals surface area contributed by atoms with Gasteiger partial charge in [-0.3, -0.25) is 4.79 Å². The molecule has 0 unspecified atom stereocenters. The molecule has 1 amide bonds. The summed E-state index contributed by atoms with van der Waals surface area (Å²) in [5.74, 6) is 0.702. The first kappa shape index (κ1) is 18.9. The Hall–Kier alpha value is -2.40. The lowest BCUT2D eigenvalue weighted by atomic mass is 10.1. The topological polar surface area (TPSA) is 50.4 Å². The monoisotopic (exact) mass is 356 g/mol. The summed E-state index contributed by atoms with van der Waals surface area (Å²) >= 11 is 5.21. The molecule has 0 heterocycles. The molecule has 0 spiro atoms. The van der Waals surface area contributed by atoms with Gasteiger partial charge in [-0.1, -0.05) is 29.8 Å². The summed E-state index contributed by atoms with van der Waals surface area (Å²) in [7, 11) is 0. The van der Waals surface area contributed by atoms with E-state index >= 15 is 0 Å². The molecule has 2 aromatic rings. The van der Waals surface area contributed by atoms with Gasteiger partial charge in [0.1, 0.15) is 5.75 Å². The first-order valence-corrected chi connectivity index (χ1v) is 8.72. The van der Waals surface area contributed by atoms with E-state index in [2.05, 4.69) is 10.6 Å². The Morgan fingerprint density at radius 3 is 2.44 bits per heavy atom. The molecular formula is C20H24N2O2S. The molecule has 0 saturated carbocycles. The van der Waals surface area contributed by atoms with Crippen LogP contribution in [-0.2, 0) is 4.79 Å². The summed E-state index contributed by atoms with van der Waals surface area (Å²) in [6, 6.07) is 13.9. The van der Waals surface area contributed by atoms with Gasteiger partial charge in [0.2, 0.25) is 5.91 Å². The van der Waals surface area contributed by atoms with Crippen molar-refractivity contribution in [3.8, 4) is 5.75 Å². The number of hydrogen-bond acceptors (Lipinski definition) is 3. The highest BCUT2D eigenvalue weighted by molar-refractivity contribution is 7.80. The average Bonchev–Trinajstić information content (AvgIpc) is 2.56. The van der Waals surface area contributed by atoms with Crippen molar-refractivity contribution in [2.24, 2.45) is 0 Å². The van der Waals surface area contributed by atoms with Gasteiger partial charge in [-0.25, -0.2) is 0 Å². The number of amides is 1. The lowest BCUT2D eigenvalue weighted by Crippen LogP contribution is -2.34. The predicted octanol–water partition coefficient (Wildman–Crippen LogP) is 4.28. The van der Waals surface area contributed by atoms with E-state index in [1.807, 2.05) is 63.2 Å². The van der Waals surface area contributed by atoms with Crippen molar-refractivity contribution >= 4 is 28.9 Å². The number of nitrogens with one attached hydrogen (secondary N) is 2. The van der Waals surface area contributed by atoms with Gasteiger partial charge in [0.25, 0.3) is 0 Å². The van der Waals surface area contributed by atoms with Crippen LogP contribution in [0.4, 0.5) is 5.69 Å². The zero-order chi connectivity index (χ0) is 18.2. The zero-order valence-corrected chi connectivity index (χ0v) is 15.7. The maximum atomic E-state index is 12.0. The molecule has 25 heavy (non-hydrogen) atoms. The average molecular weight is 356 g/mol. The molecule has 0 aliphatic rings. The maximum absolute atomic E-state index is 12.0. The van der Waals surface area contributed by atoms with Crippen LogP contribution in [0.15, 0.2) is 42.5 Å². The minimum absolute atomic E-state index is 0.115. The van der Waals surface area contributed by atoms with Gasteiger partial charge in [0.05, 0.1) is 6.61 Å². The molecule has 0 fully saturated rings. The SMILES string of the molecule is Cc1ccc(OCCCC(=O)NC(=S)Nc2cc(C)ccc2C)cc1. The van der Waals surface area contributed by atoms with Crippen LogP contribution in [0.1, 0.15) is 29.5 Å². The van der Waals surface area contributed by atoms with Gasteiger partial charge >= 0.3 is 0 Å². The van der Waals surface area contributed by atoms with Crippen LogP contribution < -0.4 is 15.4 Å². The molecule has 0 aliphatic carbocycles. The fourth-order valence-corrected chi connectivity index (χ4v) is 2.49. The Morgan fingerprint density at radius 2 is 1.72 bits per heavy atom.